The van der Waals surface area contributed by atoms with Gasteiger partial charge in [-0.1, -0.05) is 31.2 Å². The van der Waals surface area contributed by atoms with Crippen LogP contribution < -0.4 is 14.4 Å². The van der Waals surface area contributed by atoms with E-state index in [9.17, 15) is 9.59 Å². The average molecular weight is 568 g/mol. The van der Waals surface area contributed by atoms with Gasteiger partial charge in [-0.3, -0.25) is 14.5 Å². The fraction of sp³-hybridized carbons (Fsp3) is 0.364. The molecule has 9 heteroatoms. The molecule has 2 aliphatic rings. The van der Waals surface area contributed by atoms with Crippen LogP contribution in [0.2, 0.25) is 0 Å². The van der Waals surface area contributed by atoms with Crippen LogP contribution >= 0.6 is 0 Å². The van der Waals surface area contributed by atoms with Crippen LogP contribution in [0.4, 0.5) is 5.69 Å². The number of benzene rings is 3. The van der Waals surface area contributed by atoms with Crippen LogP contribution in [0, 0.1) is 0 Å². The number of hydrogen-bond acceptors (Lipinski definition) is 7. The summed E-state index contributed by atoms with van der Waals surface area (Å²) in [6.07, 6.45) is 3.17. The first kappa shape index (κ1) is 27.8. The van der Waals surface area contributed by atoms with Crippen molar-refractivity contribution in [3.05, 3.63) is 83.7 Å². The number of methoxy groups -OCH3 is 2. The van der Waals surface area contributed by atoms with E-state index in [0.29, 0.717) is 35.6 Å². The molecule has 9 nitrogen and oxygen atoms in total. The molecule has 0 spiro atoms. The van der Waals surface area contributed by atoms with Crippen LogP contribution in [0.3, 0.4) is 0 Å². The summed E-state index contributed by atoms with van der Waals surface area (Å²) in [5.41, 5.74) is 4.67. The van der Waals surface area contributed by atoms with E-state index in [1.165, 1.54) is 4.90 Å². The number of likely N-dealkylation sites (N-methyl/N-ethyl adjacent to an activating group) is 1. The van der Waals surface area contributed by atoms with Gasteiger partial charge >= 0.3 is 0 Å². The Hall–Kier alpha value is -4.37. The number of hydrogen-bond donors (Lipinski definition) is 0. The molecular weight excluding hydrogens is 530 g/mol. The van der Waals surface area contributed by atoms with E-state index in [1.54, 1.807) is 20.3 Å². The van der Waals surface area contributed by atoms with Gasteiger partial charge in [0.2, 0.25) is 0 Å². The zero-order valence-corrected chi connectivity index (χ0v) is 24.5. The first-order chi connectivity index (χ1) is 20.5. The highest BCUT2D eigenvalue weighted by molar-refractivity contribution is 6.24. The second kappa shape index (κ2) is 11.9. The first-order valence-electron chi connectivity index (χ1n) is 14.6. The highest BCUT2D eigenvalue weighted by Gasteiger charge is 2.43. The van der Waals surface area contributed by atoms with Gasteiger partial charge in [0.15, 0.2) is 11.5 Å². The van der Waals surface area contributed by atoms with Crippen LogP contribution in [0.15, 0.2) is 67.0 Å². The second-order valence-electron chi connectivity index (χ2n) is 10.8. The minimum absolute atomic E-state index is 0.239. The standard InChI is InChI=1S/C33H37N5O4/c1-4-35-17-19-36(20-18-35)28-12-7-9-24-31(28)33(40)38(32(24)39)26(23-14-15-29(41-2)30(21-23)42-3)13-8-16-37-22-34-25-10-5-6-11-27(25)37/h5-7,9-12,14-15,21-22,26H,4,8,13,16-20H2,1-3H3/t26-/m1/s1. The molecule has 6 rings (SSSR count). The maximum Gasteiger partial charge on any atom is 0.264 e. The molecule has 1 atom stereocenters. The molecule has 3 aromatic carbocycles. The Morgan fingerprint density at radius 2 is 1.67 bits per heavy atom. The van der Waals surface area contributed by atoms with Gasteiger partial charge < -0.3 is 23.8 Å². The van der Waals surface area contributed by atoms with Crippen molar-refractivity contribution >= 4 is 28.5 Å². The van der Waals surface area contributed by atoms with E-state index in [2.05, 4.69) is 32.3 Å². The quantitative estimate of drug-likeness (QED) is 0.249. The number of rotatable bonds is 10. The SMILES string of the molecule is CCN1CCN(c2cccc3c2C(=O)N([C@H](CCCn2cnc4ccccc42)c2ccc(OC)c(OC)c2)C3=O)CC1. The molecule has 1 aromatic heterocycles. The molecule has 0 bridgehead atoms. The van der Waals surface area contributed by atoms with E-state index in [0.717, 1.165) is 61.4 Å². The number of carbonyl (C=O) groups is 2. The number of aromatic nitrogens is 2. The van der Waals surface area contributed by atoms with Gasteiger partial charge in [0.1, 0.15) is 0 Å². The third kappa shape index (κ3) is 4.98. The third-order valence-electron chi connectivity index (χ3n) is 8.59. The lowest BCUT2D eigenvalue weighted by atomic mass is 9.99. The minimum atomic E-state index is -0.475. The summed E-state index contributed by atoms with van der Waals surface area (Å²) in [6, 6.07) is 18.9. The Labute approximate surface area is 246 Å². The second-order valence-corrected chi connectivity index (χ2v) is 10.8. The molecule has 218 valence electrons. The number of para-hydroxylation sites is 2. The van der Waals surface area contributed by atoms with E-state index < -0.39 is 6.04 Å². The van der Waals surface area contributed by atoms with Gasteiger partial charge in [-0.05, 0) is 61.3 Å². The number of amides is 2. The Morgan fingerprint density at radius 3 is 2.43 bits per heavy atom. The highest BCUT2D eigenvalue weighted by atomic mass is 16.5. The zero-order chi connectivity index (χ0) is 29.2. The third-order valence-corrected chi connectivity index (χ3v) is 8.59. The predicted molar refractivity (Wildman–Crippen MR) is 163 cm³/mol. The van der Waals surface area contributed by atoms with E-state index >= 15 is 0 Å². The molecule has 0 unspecified atom stereocenters. The normalized spacial score (nSPS) is 16.3. The van der Waals surface area contributed by atoms with Gasteiger partial charge in [-0.15, -0.1) is 0 Å². The Morgan fingerprint density at radius 1 is 0.881 bits per heavy atom. The molecule has 1 saturated heterocycles. The molecule has 2 amide bonds. The van der Waals surface area contributed by atoms with Gasteiger partial charge in [-0.2, -0.15) is 0 Å². The lowest BCUT2D eigenvalue weighted by Crippen LogP contribution is -2.46. The van der Waals surface area contributed by atoms with E-state index in [1.807, 2.05) is 54.9 Å². The van der Waals surface area contributed by atoms with Crippen LogP contribution in [0.1, 0.15) is 52.1 Å². The topological polar surface area (TPSA) is 80.1 Å². The van der Waals surface area contributed by atoms with Crippen molar-refractivity contribution in [2.75, 3.05) is 51.8 Å². The molecular formula is C33H37N5O4. The van der Waals surface area contributed by atoms with Crippen molar-refractivity contribution in [1.82, 2.24) is 19.4 Å². The van der Waals surface area contributed by atoms with Crippen molar-refractivity contribution in [2.45, 2.75) is 32.4 Å². The molecule has 0 N–H and O–H groups in total. The monoisotopic (exact) mass is 567 g/mol. The Bertz CT molecular complexity index is 1610. The maximum absolute atomic E-state index is 14.2. The fourth-order valence-corrected chi connectivity index (χ4v) is 6.29. The summed E-state index contributed by atoms with van der Waals surface area (Å²) in [4.78, 5) is 38.9. The summed E-state index contributed by atoms with van der Waals surface area (Å²) in [7, 11) is 3.18. The number of imide groups is 1. The van der Waals surface area contributed by atoms with Crippen molar-refractivity contribution < 1.29 is 19.1 Å². The minimum Gasteiger partial charge on any atom is -0.493 e. The number of carbonyl (C=O) groups excluding carboxylic acids is 2. The van der Waals surface area contributed by atoms with Crippen LogP contribution in [-0.4, -0.2) is 78.1 Å². The lowest BCUT2D eigenvalue weighted by Gasteiger charge is -2.36. The summed E-state index contributed by atoms with van der Waals surface area (Å²) in [5.74, 6) is 0.667. The largest absolute Gasteiger partial charge is 0.493 e. The molecule has 3 heterocycles. The van der Waals surface area contributed by atoms with Crippen LogP contribution in [-0.2, 0) is 6.54 Å². The van der Waals surface area contributed by atoms with Crippen molar-refractivity contribution in [1.29, 1.82) is 0 Å². The van der Waals surface area contributed by atoms with Gasteiger partial charge in [0.05, 0.1) is 54.4 Å². The van der Waals surface area contributed by atoms with Crippen LogP contribution in [0.25, 0.3) is 11.0 Å². The maximum atomic E-state index is 14.2. The Balaban J connectivity index is 1.32. The van der Waals surface area contributed by atoms with Crippen molar-refractivity contribution in [3.63, 3.8) is 0 Å². The number of nitrogens with zero attached hydrogens (tertiary/aromatic N) is 5. The molecule has 4 aromatic rings. The smallest absolute Gasteiger partial charge is 0.264 e. The summed E-state index contributed by atoms with van der Waals surface area (Å²) in [6.45, 7) is 7.40. The molecule has 2 aliphatic heterocycles. The summed E-state index contributed by atoms with van der Waals surface area (Å²) >= 11 is 0. The number of ether oxygens (including phenoxy) is 2. The number of fused-ring (bicyclic) bond motifs is 2. The lowest BCUT2D eigenvalue weighted by molar-refractivity contribution is 0.0571. The highest BCUT2D eigenvalue weighted by Crippen LogP contribution is 2.40. The summed E-state index contributed by atoms with van der Waals surface area (Å²) < 4.78 is 13.2. The van der Waals surface area contributed by atoms with Crippen molar-refractivity contribution in [3.8, 4) is 11.5 Å². The number of piperazine rings is 1. The summed E-state index contributed by atoms with van der Waals surface area (Å²) in [5, 5.41) is 0. The molecule has 42 heavy (non-hydrogen) atoms. The molecule has 0 aliphatic carbocycles. The van der Waals surface area contributed by atoms with Crippen molar-refractivity contribution in [2.24, 2.45) is 0 Å². The number of anilines is 1. The molecule has 0 saturated carbocycles. The van der Waals surface area contributed by atoms with E-state index in [4.69, 9.17) is 9.47 Å². The number of imidazole rings is 1. The predicted octanol–water partition coefficient (Wildman–Crippen LogP) is 5.01. The Kier molecular flexibility index (Phi) is 7.84. The molecule has 1 fully saturated rings. The first-order valence-corrected chi connectivity index (χ1v) is 14.6. The zero-order valence-electron chi connectivity index (χ0n) is 24.5. The van der Waals surface area contributed by atoms with Gasteiger partial charge in [-0.25, -0.2) is 4.98 Å². The van der Waals surface area contributed by atoms with Crippen LogP contribution in [0.5, 0.6) is 11.5 Å². The number of aryl methyl sites for hydroxylation is 1. The average Bonchev–Trinajstić information content (AvgIpc) is 3.56. The molecule has 0 radical (unpaired) electrons. The van der Waals surface area contributed by atoms with E-state index in [-0.39, 0.29) is 11.8 Å². The van der Waals surface area contributed by atoms with Gasteiger partial charge in [0, 0.05) is 32.7 Å². The fourth-order valence-electron chi connectivity index (χ4n) is 6.29. The van der Waals surface area contributed by atoms with Gasteiger partial charge in [0.25, 0.3) is 11.8 Å².